The highest BCUT2D eigenvalue weighted by Crippen LogP contribution is 2.38. The van der Waals surface area contributed by atoms with Crippen molar-refractivity contribution >= 4 is 34.7 Å². The molecule has 0 bridgehead atoms. The van der Waals surface area contributed by atoms with E-state index in [0.29, 0.717) is 46.9 Å². The van der Waals surface area contributed by atoms with Crippen LogP contribution < -0.4 is 24.3 Å². The summed E-state index contributed by atoms with van der Waals surface area (Å²) in [6.07, 6.45) is 0. The number of Topliss-reactive ketones (excluding diaryl/α,β-unsaturated/α-hetero) is 1. The van der Waals surface area contributed by atoms with E-state index in [-0.39, 0.29) is 5.69 Å². The second kappa shape index (κ2) is 11.9. The number of benzene rings is 2. The van der Waals surface area contributed by atoms with Gasteiger partial charge in [0.2, 0.25) is 6.04 Å². The van der Waals surface area contributed by atoms with Crippen molar-refractivity contribution < 1.29 is 28.5 Å². The zero-order valence-electron chi connectivity index (χ0n) is 18.6. The van der Waals surface area contributed by atoms with Crippen molar-refractivity contribution in [2.24, 2.45) is 10.2 Å². The van der Waals surface area contributed by atoms with Gasteiger partial charge in [0.05, 0.1) is 33.1 Å². The van der Waals surface area contributed by atoms with Gasteiger partial charge >= 0.3 is 0 Å². The minimum absolute atomic E-state index is 0.260. The predicted molar refractivity (Wildman–Crippen MR) is 121 cm³/mol. The molecule has 2 aromatic carbocycles. The van der Waals surface area contributed by atoms with Crippen LogP contribution in [0.25, 0.3) is 0 Å². The number of anilines is 1. The molecule has 0 spiro atoms. The molecule has 32 heavy (non-hydrogen) atoms. The number of carbonyl (C=O) groups is 2. The van der Waals surface area contributed by atoms with Crippen LogP contribution in [0.2, 0.25) is 5.02 Å². The third kappa shape index (κ3) is 6.34. The van der Waals surface area contributed by atoms with Crippen LogP contribution in [-0.2, 0) is 9.59 Å². The zero-order chi connectivity index (χ0) is 23.7. The van der Waals surface area contributed by atoms with Gasteiger partial charge in [0.1, 0.15) is 17.2 Å². The van der Waals surface area contributed by atoms with Gasteiger partial charge in [0.15, 0.2) is 17.3 Å². The summed E-state index contributed by atoms with van der Waals surface area (Å²) in [6, 6.07) is 6.57. The number of nitrogens with one attached hydrogen (secondary N) is 1. The van der Waals surface area contributed by atoms with Crippen LogP contribution >= 0.6 is 11.6 Å². The number of amides is 1. The number of hydrogen-bond donors (Lipinski definition) is 1. The van der Waals surface area contributed by atoms with E-state index < -0.39 is 17.7 Å². The van der Waals surface area contributed by atoms with E-state index in [1.54, 1.807) is 44.2 Å². The molecule has 0 aliphatic rings. The molecule has 2 rings (SSSR count). The average Bonchev–Trinajstić information content (AvgIpc) is 2.76. The maximum absolute atomic E-state index is 12.9. The maximum Gasteiger partial charge on any atom is 0.259 e. The predicted octanol–water partition coefficient (Wildman–Crippen LogP) is 4.83. The molecule has 2 aromatic rings. The van der Waals surface area contributed by atoms with Gasteiger partial charge in [-0.25, -0.2) is 0 Å². The summed E-state index contributed by atoms with van der Waals surface area (Å²) in [6.45, 7) is 5.52. The Morgan fingerprint density at radius 3 is 2.06 bits per heavy atom. The Morgan fingerprint density at radius 2 is 1.56 bits per heavy atom. The van der Waals surface area contributed by atoms with E-state index >= 15 is 0 Å². The van der Waals surface area contributed by atoms with E-state index in [0.717, 1.165) is 0 Å². The molecule has 0 aliphatic heterocycles. The molecule has 0 fully saturated rings. The monoisotopic (exact) mass is 463 g/mol. The van der Waals surface area contributed by atoms with Crippen molar-refractivity contribution in [2.45, 2.75) is 26.8 Å². The summed E-state index contributed by atoms with van der Waals surface area (Å²) in [5.74, 6) is 0.410. The Hall–Kier alpha value is -3.33. The van der Waals surface area contributed by atoms with Gasteiger partial charge in [0.25, 0.3) is 5.91 Å². The third-order valence-corrected chi connectivity index (χ3v) is 4.39. The number of hydrogen-bond acceptors (Lipinski definition) is 8. The van der Waals surface area contributed by atoms with Crippen molar-refractivity contribution in [3.05, 3.63) is 35.4 Å². The van der Waals surface area contributed by atoms with Gasteiger partial charge in [-0.1, -0.05) is 11.6 Å². The summed E-state index contributed by atoms with van der Waals surface area (Å²) in [4.78, 5) is 25.1. The number of halogens is 1. The quantitative estimate of drug-likeness (QED) is 0.377. The second-order valence-corrected chi connectivity index (χ2v) is 6.84. The number of carbonyl (C=O) groups excluding carboxylic acids is 2. The lowest BCUT2D eigenvalue weighted by atomic mass is 10.2. The minimum Gasteiger partial charge on any atom is -0.493 e. The standard InChI is InChI=1S/C22H26ClN3O6/c1-6-31-18-10-14(23)11-19(32-7-2)21(18)24-22(28)20(13(3)27)26-25-15-8-9-16(29-4)17(12-15)30-5/h8-12,20H,6-7H2,1-5H3,(H,24,28). The maximum atomic E-state index is 12.9. The molecule has 1 amide bonds. The first kappa shape index (κ1) is 24.9. The molecule has 0 aliphatic carbocycles. The Morgan fingerprint density at radius 1 is 0.969 bits per heavy atom. The molecule has 172 valence electrons. The van der Waals surface area contributed by atoms with Crippen molar-refractivity contribution in [1.29, 1.82) is 0 Å². The first-order valence-electron chi connectivity index (χ1n) is 9.87. The highest BCUT2D eigenvalue weighted by atomic mass is 35.5. The lowest BCUT2D eigenvalue weighted by Crippen LogP contribution is -2.32. The molecule has 0 heterocycles. The van der Waals surface area contributed by atoms with Crippen LogP contribution in [0.4, 0.5) is 11.4 Å². The van der Waals surface area contributed by atoms with E-state index in [1.807, 2.05) is 0 Å². The van der Waals surface area contributed by atoms with Crippen molar-refractivity contribution in [3.8, 4) is 23.0 Å². The van der Waals surface area contributed by atoms with Gasteiger partial charge in [-0.3, -0.25) is 9.59 Å². The number of azo groups is 1. The Kier molecular flexibility index (Phi) is 9.27. The normalized spacial score (nSPS) is 11.7. The molecular weight excluding hydrogens is 438 g/mol. The molecule has 0 aromatic heterocycles. The van der Waals surface area contributed by atoms with Crippen LogP contribution in [0, 0.1) is 0 Å². The summed E-state index contributed by atoms with van der Waals surface area (Å²) in [5.41, 5.74) is 0.647. The number of methoxy groups -OCH3 is 2. The van der Waals surface area contributed by atoms with Crippen LogP contribution in [-0.4, -0.2) is 45.2 Å². The summed E-state index contributed by atoms with van der Waals surface area (Å²) in [7, 11) is 3.00. The summed E-state index contributed by atoms with van der Waals surface area (Å²) >= 11 is 6.13. The van der Waals surface area contributed by atoms with Crippen LogP contribution in [0.3, 0.4) is 0 Å². The minimum atomic E-state index is -1.39. The first-order chi connectivity index (χ1) is 15.3. The second-order valence-electron chi connectivity index (χ2n) is 6.40. The zero-order valence-corrected chi connectivity index (χ0v) is 19.4. The Labute approximate surface area is 191 Å². The molecular formula is C22H26ClN3O6. The van der Waals surface area contributed by atoms with E-state index in [4.69, 9.17) is 30.5 Å². The smallest absolute Gasteiger partial charge is 0.259 e. The van der Waals surface area contributed by atoms with E-state index in [9.17, 15) is 9.59 Å². The van der Waals surface area contributed by atoms with Crippen LogP contribution in [0.5, 0.6) is 23.0 Å². The summed E-state index contributed by atoms with van der Waals surface area (Å²) in [5, 5.41) is 11.0. The molecule has 9 nitrogen and oxygen atoms in total. The molecule has 0 saturated carbocycles. The lowest BCUT2D eigenvalue weighted by molar-refractivity contribution is -0.126. The number of ketones is 1. The Bertz CT molecular complexity index is 969. The molecule has 0 saturated heterocycles. The topological polar surface area (TPSA) is 108 Å². The van der Waals surface area contributed by atoms with Crippen molar-refractivity contribution in [3.63, 3.8) is 0 Å². The molecule has 10 heteroatoms. The average molecular weight is 464 g/mol. The largest absolute Gasteiger partial charge is 0.493 e. The Balaban J connectivity index is 2.33. The summed E-state index contributed by atoms with van der Waals surface area (Å²) < 4.78 is 21.6. The van der Waals surface area contributed by atoms with Crippen molar-refractivity contribution in [2.75, 3.05) is 32.8 Å². The van der Waals surface area contributed by atoms with Crippen LogP contribution in [0.1, 0.15) is 20.8 Å². The van der Waals surface area contributed by atoms with Gasteiger partial charge in [-0.15, -0.1) is 0 Å². The lowest BCUT2D eigenvalue weighted by Gasteiger charge is -2.17. The van der Waals surface area contributed by atoms with Gasteiger partial charge in [-0.2, -0.15) is 10.2 Å². The fourth-order valence-corrected chi connectivity index (χ4v) is 2.94. The number of rotatable bonds is 11. The molecule has 1 N–H and O–H groups in total. The molecule has 1 atom stereocenters. The number of nitrogens with zero attached hydrogens (tertiary/aromatic N) is 2. The van der Waals surface area contributed by atoms with E-state index in [2.05, 4.69) is 15.5 Å². The fourth-order valence-electron chi connectivity index (χ4n) is 2.74. The van der Waals surface area contributed by atoms with Crippen LogP contribution in [0.15, 0.2) is 40.6 Å². The highest BCUT2D eigenvalue weighted by molar-refractivity contribution is 6.31. The molecule has 1 unspecified atom stereocenters. The number of ether oxygens (including phenoxy) is 4. The van der Waals surface area contributed by atoms with Gasteiger partial charge in [-0.05, 0) is 32.9 Å². The SMILES string of the molecule is CCOc1cc(Cl)cc(OCC)c1NC(=O)C(N=Nc1ccc(OC)c(OC)c1)C(C)=O. The third-order valence-electron chi connectivity index (χ3n) is 4.17. The van der Waals surface area contributed by atoms with Gasteiger partial charge in [0, 0.05) is 23.2 Å². The van der Waals surface area contributed by atoms with E-state index in [1.165, 1.54) is 21.1 Å². The van der Waals surface area contributed by atoms with Gasteiger partial charge < -0.3 is 24.3 Å². The first-order valence-corrected chi connectivity index (χ1v) is 10.3. The van der Waals surface area contributed by atoms with Crippen molar-refractivity contribution in [1.82, 2.24) is 0 Å². The highest BCUT2D eigenvalue weighted by Gasteiger charge is 2.26. The molecule has 0 radical (unpaired) electrons. The fraction of sp³-hybridized carbons (Fsp3) is 0.364.